The van der Waals surface area contributed by atoms with E-state index in [2.05, 4.69) is 6.92 Å². The van der Waals surface area contributed by atoms with Crippen molar-refractivity contribution in [3.05, 3.63) is 64.7 Å². The molecule has 1 aliphatic heterocycles. The Bertz CT molecular complexity index is 1030. The monoisotopic (exact) mass is 439 g/mol. The predicted molar refractivity (Wildman–Crippen MR) is 115 cm³/mol. The first-order valence-electron chi connectivity index (χ1n) is 10.3. The first-order valence-corrected chi connectivity index (χ1v) is 10.7. The third-order valence-corrected chi connectivity index (χ3v) is 6.30. The maximum Gasteiger partial charge on any atom is 0.338 e. The zero-order chi connectivity index (χ0) is 22.1. The summed E-state index contributed by atoms with van der Waals surface area (Å²) in [5.41, 5.74) is 1.08. The molecule has 2 aliphatic rings. The number of esters is 1. The van der Waals surface area contributed by atoms with Gasteiger partial charge in [0, 0.05) is 10.6 Å². The number of imide groups is 1. The third kappa shape index (κ3) is 4.26. The van der Waals surface area contributed by atoms with E-state index in [1.165, 1.54) is 17.0 Å². The molecule has 1 saturated carbocycles. The van der Waals surface area contributed by atoms with Crippen molar-refractivity contribution in [3.63, 3.8) is 0 Å². The molecular weight excluding hydrogens is 418 g/mol. The largest absolute Gasteiger partial charge is 0.454 e. The van der Waals surface area contributed by atoms with Gasteiger partial charge in [-0.1, -0.05) is 18.5 Å². The van der Waals surface area contributed by atoms with E-state index in [9.17, 15) is 19.2 Å². The van der Waals surface area contributed by atoms with Crippen LogP contribution >= 0.6 is 11.6 Å². The standard InChI is InChI=1S/C24H22ClNO5/c1-14-2-11-19-20(12-14)23(29)26(22(19)28)18-9-5-16(6-10-18)24(30)31-13-21(27)15-3-7-17(25)8-4-15/h3-10,14,19-20H,2,11-13H2,1H3/t14-,19-,20-/m1/s1. The Morgan fingerprint density at radius 1 is 0.935 bits per heavy atom. The molecule has 0 N–H and O–H groups in total. The van der Waals surface area contributed by atoms with Crippen molar-refractivity contribution in [2.24, 2.45) is 17.8 Å². The minimum atomic E-state index is -0.657. The average Bonchev–Trinajstić information content (AvgIpc) is 3.02. The molecule has 0 aromatic heterocycles. The number of carbonyl (C=O) groups excluding carboxylic acids is 4. The molecule has 3 atom stereocenters. The summed E-state index contributed by atoms with van der Waals surface area (Å²) in [6.07, 6.45) is 2.42. The Labute approximate surface area is 185 Å². The van der Waals surface area contributed by atoms with Crippen LogP contribution in [0.15, 0.2) is 48.5 Å². The number of nitrogens with zero attached hydrogens (tertiary/aromatic N) is 1. The molecule has 2 fully saturated rings. The molecular formula is C24H22ClNO5. The second-order valence-electron chi connectivity index (χ2n) is 8.20. The molecule has 1 saturated heterocycles. The first-order chi connectivity index (χ1) is 14.8. The molecule has 0 bridgehead atoms. The minimum Gasteiger partial charge on any atom is -0.454 e. The summed E-state index contributed by atoms with van der Waals surface area (Å²) in [5, 5.41) is 0.511. The predicted octanol–water partition coefficient (Wildman–Crippen LogP) is 4.31. The van der Waals surface area contributed by atoms with Crippen molar-refractivity contribution in [1.82, 2.24) is 0 Å². The van der Waals surface area contributed by atoms with E-state index in [0.29, 0.717) is 22.2 Å². The van der Waals surface area contributed by atoms with Gasteiger partial charge in [0.15, 0.2) is 12.4 Å². The highest BCUT2D eigenvalue weighted by atomic mass is 35.5. The van der Waals surface area contributed by atoms with E-state index in [0.717, 1.165) is 19.3 Å². The molecule has 1 aliphatic carbocycles. The Kier molecular flexibility index (Phi) is 5.92. The highest BCUT2D eigenvalue weighted by Crippen LogP contribution is 2.42. The molecule has 6 nitrogen and oxygen atoms in total. The SMILES string of the molecule is C[C@@H]1CC[C@H]2C(=O)N(c3ccc(C(=O)OCC(=O)c4ccc(Cl)cc4)cc3)C(=O)[C@@H]2C1. The Balaban J connectivity index is 1.40. The number of hydrogen-bond donors (Lipinski definition) is 0. The van der Waals surface area contributed by atoms with Crippen molar-refractivity contribution < 1.29 is 23.9 Å². The van der Waals surface area contributed by atoms with Gasteiger partial charge < -0.3 is 4.74 Å². The number of halogens is 1. The second kappa shape index (κ2) is 8.63. The number of rotatable bonds is 5. The molecule has 2 amide bonds. The van der Waals surface area contributed by atoms with Gasteiger partial charge in [-0.3, -0.25) is 19.3 Å². The number of amides is 2. The van der Waals surface area contributed by atoms with Crippen molar-refractivity contribution in [2.75, 3.05) is 11.5 Å². The summed E-state index contributed by atoms with van der Waals surface area (Å²) >= 11 is 5.80. The lowest BCUT2D eigenvalue weighted by Gasteiger charge is -2.25. The van der Waals surface area contributed by atoms with Gasteiger partial charge in [0.25, 0.3) is 0 Å². The van der Waals surface area contributed by atoms with E-state index >= 15 is 0 Å². The maximum atomic E-state index is 12.8. The lowest BCUT2D eigenvalue weighted by atomic mass is 9.76. The molecule has 31 heavy (non-hydrogen) atoms. The number of ether oxygens (including phenoxy) is 1. The fourth-order valence-corrected chi connectivity index (χ4v) is 4.45. The fraction of sp³-hybridized carbons (Fsp3) is 0.333. The van der Waals surface area contributed by atoms with Crippen molar-refractivity contribution >= 4 is 40.9 Å². The van der Waals surface area contributed by atoms with Crippen LogP contribution in [0.4, 0.5) is 5.69 Å². The number of Topliss-reactive ketones (excluding diaryl/α,β-unsaturated/α-hetero) is 1. The molecule has 4 rings (SSSR count). The normalized spacial score (nSPS) is 22.9. The van der Waals surface area contributed by atoms with Gasteiger partial charge >= 0.3 is 5.97 Å². The summed E-state index contributed by atoms with van der Waals surface area (Å²) < 4.78 is 5.10. The van der Waals surface area contributed by atoms with Gasteiger partial charge in [0.05, 0.1) is 23.1 Å². The highest BCUT2D eigenvalue weighted by molar-refractivity contribution is 6.30. The number of benzene rings is 2. The molecule has 160 valence electrons. The zero-order valence-corrected chi connectivity index (χ0v) is 17.8. The van der Waals surface area contributed by atoms with E-state index < -0.39 is 12.6 Å². The van der Waals surface area contributed by atoms with Gasteiger partial charge in [-0.05, 0) is 73.7 Å². The molecule has 1 heterocycles. The number of fused-ring (bicyclic) bond motifs is 1. The molecule has 0 radical (unpaired) electrons. The van der Waals surface area contributed by atoms with Crippen molar-refractivity contribution in [3.8, 4) is 0 Å². The van der Waals surface area contributed by atoms with Crippen LogP contribution in [0.5, 0.6) is 0 Å². The quantitative estimate of drug-likeness (QED) is 0.394. The fourth-order valence-electron chi connectivity index (χ4n) is 4.32. The van der Waals surface area contributed by atoms with Crippen LogP contribution in [0, 0.1) is 17.8 Å². The number of ketones is 1. The smallest absolute Gasteiger partial charge is 0.338 e. The van der Waals surface area contributed by atoms with E-state index in [1.54, 1.807) is 36.4 Å². The Hall–Kier alpha value is -2.99. The van der Waals surface area contributed by atoms with Crippen molar-refractivity contribution in [2.45, 2.75) is 26.2 Å². The summed E-state index contributed by atoms with van der Waals surface area (Å²) in [7, 11) is 0. The minimum absolute atomic E-state index is 0.161. The van der Waals surface area contributed by atoms with Crippen LogP contribution in [0.1, 0.15) is 46.9 Å². The van der Waals surface area contributed by atoms with E-state index in [-0.39, 0.29) is 35.0 Å². The molecule has 7 heteroatoms. The summed E-state index contributed by atoms with van der Waals surface area (Å²) in [5.74, 6) is -1.38. The highest BCUT2D eigenvalue weighted by Gasteiger charge is 2.49. The van der Waals surface area contributed by atoms with Crippen LogP contribution < -0.4 is 4.90 Å². The maximum absolute atomic E-state index is 12.8. The van der Waals surface area contributed by atoms with Gasteiger partial charge in [-0.25, -0.2) is 4.79 Å². The van der Waals surface area contributed by atoms with Crippen LogP contribution in [0.2, 0.25) is 5.02 Å². The number of anilines is 1. The van der Waals surface area contributed by atoms with Crippen molar-refractivity contribution in [1.29, 1.82) is 0 Å². The molecule has 2 aromatic carbocycles. The van der Waals surface area contributed by atoms with Crippen LogP contribution in [0.25, 0.3) is 0 Å². The van der Waals surface area contributed by atoms with Crippen LogP contribution in [-0.2, 0) is 14.3 Å². The molecule has 0 unspecified atom stereocenters. The lowest BCUT2D eigenvalue weighted by Crippen LogP contribution is -2.30. The molecule has 0 spiro atoms. The van der Waals surface area contributed by atoms with Gasteiger partial charge in [-0.15, -0.1) is 0 Å². The average molecular weight is 440 g/mol. The summed E-state index contributed by atoms with van der Waals surface area (Å²) in [4.78, 5) is 51.3. The summed E-state index contributed by atoms with van der Waals surface area (Å²) in [6, 6.07) is 12.4. The van der Waals surface area contributed by atoms with Crippen LogP contribution in [-0.4, -0.2) is 30.2 Å². The lowest BCUT2D eigenvalue weighted by molar-refractivity contribution is -0.122. The van der Waals surface area contributed by atoms with Gasteiger partial charge in [-0.2, -0.15) is 0 Å². The topological polar surface area (TPSA) is 80.8 Å². The van der Waals surface area contributed by atoms with Gasteiger partial charge in [0.2, 0.25) is 11.8 Å². The zero-order valence-electron chi connectivity index (χ0n) is 17.0. The molecule has 2 aromatic rings. The van der Waals surface area contributed by atoms with Gasteiger partial charge in [0.1, 0.15) is 0 Å². The Morgan fingerprint density at radius 3 is 2.23 bits per heavy atom. The van der Waals surface area contributed by atoms with E-state index in [4.69, 9.17) is 16.3 Å². The van der Waals surface area contributed by atoms with E-state index in [1.807, 2.05) is 0 Å². The first kappa shape index (κ1) is 21.2. The number of hydrogen-bond acceptors (Lipinski definition) is 5. The second-order valence-corrected chi connectivity index (χ2v) is 8.63. The summed E-state index contributed by atoms with van der Waals surface area (Å²) in [6.45, 7) is 1.71. The van der Waals surface area contributed by atoms with Crippen LogP contribution in [0.3, 0.4) is 0 Å². The third-order valence-electron chi connectivity index (χ3n) is 6.05. The number of carbonyl (C=O) groups is 4. The Morgan fingerprint density at radius 2 is 1.55 bits per heavy atom.